The number of phenolic OH excluding ortho intramolecular Hbond substituents is 1. The number of carbonyl (C=O) groups is 1. The van der Waals surface area contributed by atoms with Crippen molar-refractivity contribution >= 4 is 11.7 Å². The molecule has 0 bridgehead atoms. The summed E-state index contributed by atoms with van der Waals surface area (Å²) in [6.45, 7) is 4.19. The van der Waals surface area contributed by atoms with Gasteiger partial charge >= 0.3 is 5.97 Å². The number of methoxy groups -OCH3 is 1. The van der Waals surface area contributed by atoms with Gasteiger partial charge in [0.2, 0.25) is 0 Å². The average Bonchev–Trinajstić information content (AvgIpc) is 3.20. The standard InChI is InChI=1S/C21H24N2O3/c1-3-20-7-4-9-23-10-8-21(19(20)23)15-6-5-13(24)11-16(15)22-17(21)14(12-20)18(25)26-2/h4-7,11,19,22,24H,3,8-10,12H2,1-2H3/t19-,20+,21+/m1/s1. The summed E-state index contributed by atoms with van der Waals surface area (Å²) >= 11 is 0. The zero-order valence-corrected chi connectivity index (χ0v) is 15.2. The van der Waals surface area contributed by atoms with Crippen LogP contribution in [0.5, 0.6) is 5.75 Å². The van der Waals surface area contributed by atoms with Crippen molar-refractivity contribution in [3.8, 4) is 5.75 Å². The normalized spacial score (nSPS) is 34.2. The Bertz CT molecular complexity index is 874. The van der Waals surface area contributed by atoms with Gasteiger partial charge in [0.05, 0.1) is 18.1 Å². The number of esters is 1. The minimum absolute atomic E-state index is 0.0665. The Hall–Kier alpha value is -2.27. The predicted molar refractivity (Wildman–Crippen MR) is 98.9 cm³/mol. The fourth-order valence-electron chi connectivity index (χ4n) is 6.06. The smallest absolute Gasteiger partial charge is 0.335 e. The van der Waals surface area contributed by atoms with Gasteiger partial charge in [0.1, 0.15) is 5.75 Å². The molecule has 136 valence electrons. The second-order valence-electron chi connectivity index (χ2n) is 7.98. The lowest BCUT2D eigenvalue weighted by Gasteiger charge is -2.53. The van der Waals surface area contributed by atoms with Crippen LogP contribution in [0.25, 0.3) is 0 Å². The molecule has 0 unspecified atom stereocenters. The number of rotatable bonds is 2. The number of nitrogens with zero attached hydrogens (tertiary/aromatic N) is 1. The molecule has 3 aliphatic heterocycles. The van der Waals surface area contributed by atoms with E-state index in [-0.39, 0.29) is 22.5 Å². The third kappa shape index (κ3) is 1.72. The van der Waals surface area contributed by atoms with Gasteiger partial charge < -0.3 is 15.2 Å². The fourth-order valence-corrected chi connectivity index (χ4v) is 6.06. The van der Waals surface area contributed by atoms with Crippen molar-refractivity contribution < 1.29 is 14.6 Å². The monoisotopic (exact) mass is 352 g/mol. The van der Waals surface area contributed by atoms with E-state index in [4.69, 9.17) is 4.74 Å². The third-order valence-electron chi connectivity index (χ3n) is 7.05. The van der Waals surface area contributed by atoms with Crippen LogP contribution in [0.3, 0.4) is 0 Å². The van der Waals surface area contributed by atoms with Gasteiger partial charge in [-0.05, 0) is 30.9 Å². The number of anilines is 1. The molecule has 3 heterocycles. The zero-order valence-electron chi connectivity index (χ0n) is 15.2. The predicted octanol–water partition coefficient (Wildman–Crippen LogP) is 2.93. The average molecular weight is 352 g/mol. The van der Waals surface area contributed by atoms with E-state index in [0.29, 0.717) is 12.5 Å². The molecule has 1 saturated heterocycles. The molecule has 5 heteroatoms. The maximum Gasteiger partial charge on any atom is 0.335 e. The number of nitrogens with one attached hydrogen (secondary N) is 1. The summed E-state index contributed by atoms with van der Waals surface area (Å²) in [6.07, 6.45) is 7.26. The molecule has 1 aliphatic carbocycles. The lowest BCUT2D eigenvalue weighted by Crippen LogP contribution is -2.58. The minimum atomic E-state index is -0.243. The highest BCUT2D eigenvalue weighted by Gasteiger charge is 2.65. The van der Waals surface area contributed by atoms with E-state index in [1.807, 2.05) is 6.07 Å². The molecule has 3 atom stereocenters. The van der Waals surface area contributed by atoms with E-state index in [1.54, 1.807) is 12.1 Å². The van der Waals surface area contributed by atoms with Crippen molar-refractivity contribution in [1.29, 1.82) is 0 Å². The van der Waals surface area contributed by atoms with Gasteiger partial charge in [0, 0.05) is 42.0 Å². The summed E-state index contributed by atoms with van der Waals surface area (Å²) in [4.78, 5) is 15.3. The molecular formula is C21H24N2O3. The molecule has 1 spiro atoms. The number of benzene rings is 1. The summed E-state index contributed by atoms with van der Waals surface area (Å²) < 4.78 is 5.17. The van der Waals surface area contributed by atoms with Gasteiger partial charge in [-0.15, -0.1) is 0 Å². The summed E-state index contributed by atoms with van der Waals surface area (Å²) in [5, 5.41) is 13.5. The molecular weight excluding hydrogens is 328 g/mol. The number of carbonyl (C=O) groups excluding carboxylic acids is 1. The number of ether oxygens (including phenoxy) is 1. The second kappa shape index (κ2) is 5.13. The van der Waals surface area contributed by atoms with Gasteiger partial charge in [0.15, 0.2) is 0 Å². The summed E-state index contributed by atoms with van der Waals surface area (Å²) in [7, 11) is 1.46. The van der Waals surface area contributed by atoms with Gasteiger partial charge in [-0.2, -0.15) is 0 Å². The maximum absolute atomic E-state index is 12.7. The second-order valence-corrected chi connectivity index (χ2v) is 7.98. The highest BCUT2D eigenvalue weighted by Crippen LogP contribution is 2.64. The number of fused-ring (bicyclic) bond motifs is 1. The number of hydrogen-bond donors (Lipinski definition) is 2. The van der Waals surface area contributed by atoms with Crippen molar-refractivity contribution in [3.05, 3.63) is 47.2 Å². The van der Waals surface area contributed by atoms with E-state index >= 15 is 0 Å². The lowest BCUT2D eigenvalue weighted by molar-refractivity contribution is -0.137. The number of phenols is 1. The minimum Gasteiger partial charge on any atom is -0.508 e. The molecule has 1 fully saturated rings. The van der Waals surface area contributed by atoms with Crippen molar-refractivity contribution in [3.63, 3.8) is 0 Å². The van der Waals surface area contributed by atoms with E-state index in [0.717, 1.165) is 42.9 Å². The molecule has 0 amide bonds. The van der Waals surface area contributed by atoms with Crippen LogP contribution in [-0.4, -0.2) is 42.2 Å². The number of hydrogen-bond acceptors (Lipinski definition) is 5. The fraction of sp³-hybridized carbons (Fsp3) is 0.476. The lowest BCUT2D eigenvalue weighted by atomic mass is 9.55. The molecule has 0 aromatic heterocycles. The summed E-state index contributed by atoms with van der Waals surface area (Å²) in [5.41, 5.74) is 3.58. The first-order valence-corrected chi connectivity index (χ1v) is 9.40. The Morgan fingerprint density at radius 1 is 1.46 bits per heavy atom. The van der Waals surface area contributed by atoms with Crippen LogP contribution in [0.4, 0.5) is 5.69 Å². The summed E-state index contributed by atoms with van der Waals surface area (Å²) in [6, 6.07) is 5.90. The van der Waals surface area contributed by atoms with Crippen molar-refractivity contribution in [2.24, 2.45) is 5.41 Å². The van der Waals surface area contributed by atoms with Crippen molar-refractivity contribution in [2.45, 2.75) is 37.6 Å². The molecule has 2 N–H and O–H groups in total. The van der Waals surface area contributed by atoms with Gasteiger partial charge in [-0.25, -0.2) is 4.79 Å². The van der Waals surface area contributed by atoms with Gasteiger partial charge in [-0.1, -0.05) is 25.1 Å². The Kier molecular flexibility index (Phi) is 3.15. The van der Waals surface area contributed by atoms with Crippen molar-refractivity contribution in [2.75, 3.05) is 25.5 Å². The first-order valence-electron chi connectivity index (χ1n) is 9.40. The molecule has 5 rings (SSSR count). The maximum atomic E-state index is 12.7. The molecule has 4 aliphatic rings. The van der Waals surface area contributed by atoms with Crippen LogP contribution in [-0.2, 0) is 14.9 Å². The molecule has 0 saturated carbocycles. The van der Waals surface area contributed by atoms with Crippen LogP contribution in [0.15, 0.2) is 41.6 Å². The Balaban J connectivity index is 1.83. The highest BCUT2D eigenvalue weighted by atomic mass is 16.5. The summed E-state index contributed by atoms with van der Waals surface area (Å²) in [5.74, 6) is -0.000681. The largest absolute Gasteiger partial charge is 0.508 e. The molecule has 1 aromatic carbocycles. The molecule has 0 radical (unpaired) electrons. The van der Waals surface area contributed by atoms with Crippen LogP contribution in [0, 0.1) is 5.41 Å². The van der Waals surface area contributed by atoms with Crippen LogP contribution in [0.2, 0.25) is 0 Å². The van der Waals surface area contributed by atoms with Crippen LogP contribution in [0.1, 0.15) is 31.7 Å². The first-order chi connectivity index (χ1) is 12.6. The first kappa shape index (κ1) is 15.9. The molecule has 5 nitrogen and oxygen atoms in total. The van der Waals surface area contributed by atoms with E-state index in [9.17, 15) is 9.90 Å². The third-order valence-corrected chi connectivity index (χ3v) is 7.05. The van der Waals surface area contributed by atoms with Crippen molar-refractivity contribution in [1.82, 2.24) is 4.90 Å². The SMILES string of the molecule is CC[C@]12C=CCN3CC[C@]4(C(=C(C(=O)OC)C1)Nc1cc(O)ccc14)[C@H]32. The Morgan fingerprint density at radius 3 is 3.08 bits per heavy atom. The van der Waals surface area contributed by atoms with E-state index in [1.165, 1.54) is 12.7 Å². The Morgan fingerprint density at radius 2 is 2.31 bits per heavy atom. The van der Waals surface area contributed by atoms with Gasteiger partial charge in [-0.3, -0.25) is 4.90 Å². The molecule has 1 aromatic rings. The van der Waals surface area contributed by atoms with Crippen LogP contribution >= 0.6 is 0 Å². The quantitative estimate of drug-likeness (QED) is 0.633. The topological polar surface area (TPSA) is 61.8 Å². The van der Waals surface area contributed by atoms with E-state index < -0.39 is 0 Å². The van der Waals surface area contributed by atoms with Crippen LogP contribution < -0.4 is 5.32 Å². The van der Waals surface area contributed by atoms with E-state index in [2.05, 4.69) is 29.3 Å². The zero-order chi connectivity index (χ0) is 18.1. The highest BCUT2D eigenvalue weighted by molar-refractivity contribution is 5.93. The molecule has 26 heavy (non-hydrogen) atoms. The Labute approximate surface area is 153 Å². The number of aromatic hydroxyl groups is 1. The van der Waals surface area contributed by atoms with Gasteiger partial charge in [0.25, 0.3) is 0 Å².